The van der Waals surface area contributed by atoms with Crippen LogP contribution in [-0.4, -0.2) is 59.9 Å². The first-order valence-electron chi connectivity index (χ1n) is 11.3. The van der Waals surface area contributed by atoms with Crippen LogP contribution in [-0.2, 0) is 16.9 Å². The van der Waals surface area contributed by atoms with Gasteiger partial charge in [-0.1, -0.05) is 42.5 Å². The molecule has 2 aromatic carbocycles. The minimum absolute atomic E-state index is 0.0819. The number of imide groups is 1. The van der Waals surface area contributed by atoms with Crippen molar-refractivity contribution in [3.8, 4) is 5.75 Å². The number of benzene rings is 2. The van der Waals surface area contributed by atoms with Gasteiger partial charge in [-0.15, -0.1) is 0 Å². The number of methoxy groups -OCH3 is 1. The Bertz CT molecular complexity index is 964. The van der Waals surface area contributed by atoms with E-state index in [9.17, 15) is 9.59 Å². The van der Waals surface area contributed by atoms with Crippen molar-refractivity contribution in [3.63, 3.8) is 0 Å². The summed E-state index contributed by atoms with van der Waals surface area (Å²) in [6, 6.07) is 18.2. The van der Waals surface area contributed by atoms with E-state index in [2.05, 4.69) is 43.3 Å². The maximum absolute atomic E-state index is 13.3. The number of carbonyl (C=O) groups is 2. The Kier molecular flexibility index (Phi) is 5.99. The number of nitrogens with zero attached hydrogens (tertiary/aromatic N) is 3. The van der Waals surface area contributed by atoms with Crippen molar-refractivity contribution in [1.82, 2.24) is 14.7 Å². The van der Waals surface area contributed by atoms with E-state index in [1.165, 1.54) is 12.5 Å². The molecule has 1 aliphatic heterocycles. The zero-order chi connectivity index (χ0) is 22.9. The molecule has 1 spiro atoms. The van der Waals surface area contributed by atoms with Gasteiger partial charge in [0.15, 0.2) is 0 Å². The van der Waals surface area contributed by atoms with Crippen LogP contribution < -0.4 is 4.74 Å². The largest absolute Gasteiger partial charge is 0.497 e. The second kappa shape index (κ2) is 8.58. The summed E-state index contributed by atoms with van der Waals surface area (Å²) >= 11 is 0. The lowest BCUT2D eigenvalue weighted by Crippen LogP contribution is -2.56. The third kappa shape index (κ3) is 3.77. The summed E-state index contributed by atoms with van der Waals surface area (Å²) in [6.07, 6.45) is 3.39. The van der Waals surface area contributed by atoms with Gasteiger partial charge in [0, 0.05) is 25.6 Å². The van der Waals surface area contributed by atoms with Gasteiger partial charge in [-0.25, -0.2) is 4.79 Å². The van der Waals surface area contributed by atoms with E-state index in [1.54, 1.807) is 12.0 Å². The van der Waals surface area contributed by atoms with Crippen LogP contribution in [0.1, 0.15) is 43.7 Å². The molecule has 0 bridgehead atoms. The van der Waals surface area contributed by atoms with Crippen LogP contribution in [0.25, 0.3) is 0 Å². The topological polar surface area (TPSA) is 53.1 Å². The lowest BCUT2D eigenvalue weighted by molar-refractivity contribution is -0.131. The summed E-state index contributed by atoms with van der Waals surface area (Å²) in [6.45, 7) is 2.59. The number of urea groups is 1. The number of carbonyl (C=O) groups excluding carboxylic acids is 2. The van der Waals surface area contributed by atoms with E-state index < -0.39 is 5.54 Å². The van der Waals surface area contributed by atoms with Crippen molar-refractivity contribution in [1.29, 1.82) is 0 Å². The first-order valence-corrected chi connectivity index (χ1v) is 11.3. The normalized spacial score (nSPS) is 25.6. The van der Waals surface area contributed by atoms with Gasteiger partial charge in [-0.05, 0) is 63.0 Å². The highest BCUT2D eigenvalue weighted by atomic mass is 16.5. The Labute approximate surface area is 190 Å². The Hall–Kier alpha value is -2.86. The maximum Gasteiger partial charge on any atom is 0.327 e. The van der Waals surface area contributed by atoms with Crippen LogP contribution >= 0.6 is 0 Å². The Morgan fingerprint density at radius 1 is 1.00 bits per heavy atom. The van der Waals surface area contributed by atoms with Gasteiger partial charge in [0.1, 0.15) is 5.75 Å². The molecule has 0 radical (unpaired) electrons. The summed E-state index contributed by atoms with van der Waals surface area (Å²) in [5, 5.41) is 0. The molecule has 3 amide bonds. The van der Waals surface area contributed by atoms with E-state index in [1.807, 2.05) is 35.2 Å². The van der Waals surface area contributed by atoms with E-state index in [0.717, 1.165) is 37.0 Å². The van der Waals surface area contributed by atoms with Crippen molar-refractivity contribution in [2.75, 3.05) is 27.7 Å². The molecule has 0 aromatic heterocycles. The summed E-state index contributed by atoms with van der Waals surface area (Å²) < 4.78 is 5.24. The quantitative estimate of drug-likeness (QED) is 0.705. The summed E-state index contributed by atoms with van der Waals surface area (Å²) in [4.78, 5) is 31.6. The number of hydrogen-bond donors (Lipinski definition) is 0. The number of amides is 3. The molecule has 32 heavy (non-hydrogen) atoms. The first-order chi connectivity index (χ1) is 15.3. The molecule has 4 rings (SSSR count). The monoisotopic (exact) mass is 435 g/mol. The van der Waals surface area contributed by atoms with Gasteiger partial charge in [0.25, 0.3) is 0 Å². The first kappa shape index (κ1) is 22.3. The van der Waals surface area contributed by atoms with E-state index in [0.29, 0.717) is 13.1 Å². The molecule has 2 aromatic rings. The van der Waals surface area contributed by atoms with Crippen LogP contribution in [0.2, 0.25) is 0 Å². The molecule has 1 heterocycles. The Morgan fingerprint density at radius 2 is 1.62 bits per heavy atom. The number of hydrogen-bond acceptors (Lipinski definition) is 4. The fourth-order valence-electron chi connectivity index (χ4n) is 5.63. The van der Waals surface area contributed by atoms with Gasteiger partial charge < -0.3 is 9.64 Å². The molecule has 0 atom stereocenters. The van der Waals surface area contributed by atoms with Crippen LogP contribution in [0, 0.1) is 0 Å². The third-order valence-corrected chi connectivity index (χ3v) is 7.44. The molecule has 2 fully saturated rings. The van der Waals surface area contributed by atoms with Gasteiger partial charge in [0.05, 0.1) is 12.6 Å². The summed E-state index contributed by atoms with van der Waals surface area (Å²) in [5.74, 6) is 0.626. The van der Waals surface area contributed by atoms with Crippen molar-refractivity contribution in [2.45, 2.75) is 50.2 Å². The summed E-state index contributed by atoms with van der Waals surface area (Å²) in [5.41, 5.74) is 1.81. The molecule has 1 saturated carbocycles. The van der Waals surface area contributed by atoms with Gasteiger partial charge in [0.2, 0.25) is 5.91 Å². The van der Waals surface area contributed by atoms with Crippen LogP contribution in [0.5, 0.6) is 5.75 Å². The average Bonchev–Trinajstić information content (AvgIpc) is 3.06. The van der Waals surface area contributed by atoms with Crippen LogP contribution in [0.4, 0.5) is 4.79 Å². The molecular weight excluding hydrogens is 402 g/mol. The van der Waals surface area contributed by atoms with E-state index in [-0.39, 0.29) is 17.5 Å². The van der Waals surface area contributed by atoms with Gasteiger partial charge in [-0.3, -0.25) is 14.6 Å². The molecule has 0 N–H and O–H groups in total. The minimum Gasteiger partial charge on any atom is -0.497 e. The van der Waals surface area contributed by atoms with E-state index in [4.69, 9.17) is 4.74 Å². The molecule has 6 heteroatoms. The highest BCUT2D eigenvalue weighted by Gasteiger charge is 2.55. The maximum atomic E-state index is 13.3. The second-order valence-corrected chi connectivity index (χ2v) is 9.36. The third-order valence-electron chi connectivity index (χ3n) is 7.44. The Balaban J connectivity index is 1.58. The molecule has 2 aliphatic rings. The fourth-order valence-corrected chi connectivity index (χ4v) is 5.63. The molecule has 170 valence electrons. The second-order valence-electron chi connectivity index (χ2n) is 9.36. The SMILES string of the molecule is COc1ccc(CN2C[C@]3(CC[C@](c4ccccc4)(N(C)C)CC3)N(C(C)=O)C2=O)cc1. The lowest BCUT2D eigenvalue weighted by Gasteiger charge is -2.50. The highest BCUT2D eigenvalue weighted by molar-refractivity contribution is 5.96. The van der Waals surface area contributed by atoms with Crippen LogP contribution in [0.15, 0.2) is 54.6 Å². The predicted molar refractivity (Wildman–Crippen MR) is 124 cm³/mol. The molecule has 1 aliphatic carbocycles. The molecule has 1 saturated heterocycles. The standard InChI is InChI=1S/C26H33N3O3/c1-20(30)29-24(31)28(18-21-10-12-23(32-4)13-11-21)19-25(29)14-16-26(17-15-25,27(2)3)22-8-6-5-7-9-22/h5-13H,14-19H2,1-4H3/t25-,26+. The minimum atomic E-state index is -0.441. The van der Waals surface area contributed by atoms with Crippen molar-refractivity contribution >= 4 is 11.9 Å². The molecule has 6 nitrogen and oxygen atoms in total. The van der Waals surface area contributed by atoms with E-state index >= 15 is 0 Å². The Morgan fingerprint density at radius 3 is 2.16 bits per heavy atom. The van der Waals surface area contributed by atoms with Gasteiger partial charge in [-0.2, -0.15) is 0 Å². The highest BCUT2D eigenvalue weighted by Crippen LogP contribution is 2.49. The zero-order valence-electron chi connectivity index (χ0n) is 19.5. The molecule has 0 unspecified atom stereocenters. The predicted octanol–water partition coefficient (Wildman–Crippen LogP) is 4.25. The van der Waals surface area contributed by atoms with Crippen molar-refractivity contribution in [3.05, 3.63) is 65.7 Å². The van der Waals surface area contributed by atoms with Crippen molar-refractivity contribution < 1.29 is 14.3 Å². The van der Waals surface area contributed by atoms with Crippen molar-refractivity contribution in [2.24, 2.45) is 0 Å². The smallest absolute Gasteiger partial charge is 0.327 e. The molecular formula is C26H33N3O3. The number of ether oxygens (including phenoxy) is 1. The lowest BCUT2D eigenvalue weighted by atomic mass is 9.68. The summed E-state index contributed by atoms with van der Waals surface area (Å²) in [7, 11) is 5.90. The average molecular weight is 436 g/mol. The van der Waals surface area contributed by atoms with Gasteiger partial charge >= 0.3 is 6.03 Å². The number of rotatable bonds is 5. The fraction of sp³-hybridized carbons (Fsp3) is 0.462. The zero-order valence-corrected chi connectivity index (χ0v) is 19.5. The van der Waals surface area contributed by atoms with Crippen LogP contribution in [0.3, 0.4) is 0 Å².